The molecule has 0 aromatic heterocycles. The molecule has 0 atom stereocenters. The molecule has 0 saturated carbocycles. The highest BCUT2D eigenvalue weighted by Gasteiger charge is 2.18. The second-order valence-corrected chi connectivity index (χ2v) is 6.37. The molecule has 1 amide bonds. The molecular formula is C14H29N3O. The van der Waals surface area contributed by atoms with Crippen molar-refractivity contribution >= 4 is 5.91 Å². The quantitative estimate of drug-likeness (QED) is 0.801. The molecule has 106 valence electrons. The molecule has 0 spiro atoms. The summed E-state index contributed by atoms with van der Waals surface area (Å²) in [4.78, 5) is 16.5. The van der Waals surface area contributed by atoms with Gasteiger partial charge in [0, 0.05) is 32.7 Å². The van der Waals surface area contributed by atoms with Crippen molar-refractivity contribution in [2.45, 2.75) is 34.1 Å². The van der Waals surface area contributed by atoms with E-state index in [1.807, 2.05) is 0 Å². The van der Waals surface area contributed by atoms with Crippen LogP contribution in [-0.2, 0) is 4.79 Å². The van der Waals surface area contributed by atoms with E-state index in [-0.39, 0.29) is 5.91 Å². The van der Waals surface area contributed by atoms with Crippen LogP contribution in [0.25, 0.3) is 0 Å². The minimum absolute atomic E-state index is 0.171. The number of nitrogens with one attached hydrogen (secondary N) is 1. The molecule has 1 rings (SSSR count). The monoisotopic (exact) mass is 255 g/mol. The van der Waals surface area contributed by atoms with Crippen LogP contribution in [0.5, 0.6) is 0 Å². The molecule has 1 fully saturated rings. The molecule has 0 aromatic carbocycles. The molecule has 0 unspecified atom stereocenters. The minimum atomic E-state index is 0.171. The highest BCUT2D eigenvalue weighted by Crippen LogP contribution is 2.16. The molecule has 0 bridgehead atoms. The van der Waals surface area contributed by atoms with Gasteiger partial charge in [0.05, 0.1) is 6.54 Å². The number of nitrogens with zero attached hydrogens (tertiary/aromatic N) is 2. The van der Waals surface area contributed by atoms with Gasteiger partial charge in [-0.3, -0.25) is 9.69 Å². The Morgan fingerprint density at radius 1 is 1.11 bits per heavy atom. The number of carbonyl (C=O) groups excluding carboxylic acids is 1. The molecule has 4 heteroatoms. The molecule has 1 aliphatic rings. The summed E-state index contributed by atoms with van der Waals surface area (Å²) < 4.78 is 0. The third kappa shape index (κ3) is 6.36. The first-order valence-electron chi connectivity index (χ1n) is 7.12. The maximum absolute atomic E-state index is 11.8. The Labute approximate surface area is 112 Å². The number of rotatable bonds is 5. The van der Waals surface area contributed by atoms with E-state index in [9.17, 15) is 4.79 Å². The molecule has 4 nitrogen and oxygen atoms in total. The van der Waals surface area contributed by atoms with Gasteiger partial charge in [0.15, 0.2) is 0 Å². The fourth-order valence-corrected chi connectivity index (χ4v) is 2.10. The predicted molar refractivity (Wildman–Crippen MR) is 75.6 cm³/mol. The summed E-state index contributed by atoms with van der Waals surface area (Å²) in [6.07, 6.45) is 1.03. The molecule has 0 aliphatic carbocycles. The van der Waals surface area contributed by atoms with Crippen molar-refractivity contribution in [1.29, 1.82) is 0 Å². The third-order valence-electron chi connectivity index (χ3n) is 3.48. The van der Waals surface area contributed by atoms with Crippen LogP contribution in [0.15, 0.2) is 0 Å². The van der Waals surface area contributed by atoms with Crippen LogP contribution in [0, 0.1) is 5.41 Å². The van der Waals surface area contributed by atoms with Crippen LogP contribution in [0.4, 0.5) is 0 Å². The first kappa shape index (κ1) is 15.4. The number of likely N-dealkylation sites (N-methyl/N-ethyl adjacent to an activating group) is 1. The molecular weight excluding hydrogens is 226 g/mol. The fraction of sp³-hybridized carbons (Fsp3) is 0.929. The predicted octanol–water partition coefficient (Wildman–Crippen LogP) is 1.18. The molecule has 1 N–H and O–H groups in total. The average Bonchev–Trinajstić information content (AvgIpc) is 2.28. The Morgan fingerprint density at radius 3 is 2.17 bits per heavy atom. The van der Waals surface area contributed by atoms with Crippen LogP contribution in [0.3, 0.4) is 0 Å². The second-order valence-electron chi connectivity index (χ2n) is 6.37. The largest absolute Gasteiger partial charge is 0.355 e. The Kier molecular flexibility index (Phi) is 6.09. The van der Waals surface area contributed by atoms with E-state index in [1.54, 1.807) is 0 Å². The lowest BCUT2D eigenvalue weighted by molar-refractivity contribution is -0.122. The zero-order valence-corrected chi connectivity index (χ0v) is 12.5. The zero-order valence-electron chi connectivity index (χ0n) is 12.5. The fourth-order valence-electron chi connectivity index (χ4n) is 2.10. The summed E-state index contributed by atoms with van der Waals surface area (Å²) in [6, 6.07) is 0. The van der Waals surface area contributed by atoms with Crippen LogP contribution < -0.4 is 5.32 Å². The topological polar surface area (TPSA) is 35.6 Å². The van der Waals surface area contributed by atoms with Gasteiger partial charge in [-0.05, 0) is 18.4 Å². The van der Waals surface area contributed by atoms with Gasteiger partial charge in [0.2, 0.25) is 5.91 Å². The number of carbonyl (C=O) groups is 1. The van der Waals surface area contributed by atoms with Crippen molar-refractivity contribution in [2.75, 3.05) is 45.8 Å². The first-order chi connectivity index (χ1) is 8.40. The average molecular weight is 255 g/mol. The summed E-state index contributed by atoms with van der Waals surface area (Å²) in [5.41, 5.74) is 0.292. The second kappa shape index (κ2) is 7.10. The van der Waals surface area contributed by atoms with Crippen molar-refractivity contribution < 1.29 is 4.79 Å². The van der Waals surface area contributed by atoms with Crippen molar-refractivity contribution in [3.05, 3.63) is 0 Å². The summed E-state index contributed by atoms with van der Waals surface area (Å²) in [6.45, 7) is 15.5. The number of amides is 1. The van der Waals surface area contributed by atoms with Gasteiger partial charge in [-0.25, -0.2) is 0 Å². The SMILES string of the molecule is CCN1CCN(CC(=O)NCCC(C)(C)C)CC1. The highest BCUT2D eigenvalue weighted by atomic mass is 16.2. The molecule has 0 aromatic rings. The summed E-state index contributed by atoms with van der Waals surface area (Å²) in [5, 5.41) is 3.02. The van der Waals surface area contributed by atoms with E-state index < -0.39 is 0 Å². The Morgan fingerprint density at radius 2 is 1.67 bits per heavy atom. The van der Waals surface area contributed by atoms with E-state index in [0.29, 0.717) is 12.0 Å². The molecule has 0 radical (unpaired) electrons. The molecule has 18 heavy (non-hydrogen) atoms. The lowest BCUT2D eigenvalue weighted by Crippen LogP contribution is -2.49. The van der Waals surface area contributed by atoms with Gasteiger partial charge >= 0.3 is 0 Å². The molecule has 1 heterocycles. The summed E-state index contributed by atoms with van der Waals surface area (Å²) in [7, 11) is 0. The van der Waals surface area contributed by atoms with E-state index in [4.69, 9.17) is 0 Å². The van der Waals surface area contributed by atoms with Gasteiger partial charge in [0.1, 0.15) is 0 Å². The van der Waals surface area contributed by atoms with Crippen molar-refractivity contribution in [1.82, 2.24) is 15.1 Å². The van der Waals surface area contributed by atoms with Crippen molar-refractivity contribution in [3.63, 3.8) is 0 Å². The van der Waals surface area contributed by atoms with Gasteiger partial charge in [-0.2, -0.15) is 0 Å². The van der Waals surface area contributed by atoms with E-state index >= 15 is 0 Å². The Balaban J connectivity index is 2.13. The van der Waals surface area contributed by atoms with Gasteiger partial charge < -0.3 is 10.2 Å². The summed E-state index contributed by atoms with van der Waals surface area (Å²) in [5.74, 6) is 0.171. The van der Waals surface area contributed by atoms with E-state index in [1.165, 1.54) is 0 Å². The van der Waals surface area contributed by atoms with Crippen molar-refractivity contribution in [3.8, 4) is 0 Å². The van der Waals surface area contributed by atoms with Gasteiger partial charge in [0.25, 0.3) is 0 Å². The number of hydrogen-bond acceptors (Lipinski definition) is 3. The van der Waals surface area contributed by atoms with Crippen LogP contribution in [0.1, 0.15) is 34.1 Å². The molecule has 1 saturated heterocycles. The Bertz CT molecular complexity index is 252. The number of hydrogen-bond donors (Lipinski definition) is 1. The lowest BCUT2D eigenvalue weighted by atomic mass is 9.92. The van der Waals surface area contributed by atoms with Crippen molar-refractivity contribution in [2.24, 2.45) is 5.41 Å². The van der Waals surface area contributed by atoms with E-state index in [0.717, 1.165) is 45.7 Å². The van der Waals surface area contributed by atoms with E-state index in [2.05, 4.69) is 42.8 Å². The van der Waals surface area contributed by atoms with Gasteiger partial charge in [-0.1, -0.05) is 27.7 Å². The number of piperazine rings is 1. The first-order valence-corrected chi connectivity index (χ1v) is 7.12. The maximum atomic E-state index is 11.8. The van der Waals surface area contributed by atoms with Crippen LogP contribution in [-0.4, -0.2) is 61.5 Å². The molecule has 1 aliphatic heterocycles. The zero-order chi connectivity index (χ0) is 13.6. The Hall–Kier alpha value is -0.610. The normalized spacial score (nSPS) is 18.9. The standard InChI is InChI=1S/C14H29N3O/c1-5-16-8-10-17(11-9-16)12-13(18)15-7-6-14(2,3)4/h5-12H2,1-4H3,(H,15,18). The highest BCUT2D eigenvalue weighted by molar-refractivity contribution is 5.77. The van der Waals surface area contributed by atoms with Crippen LogP contribution in [0.2, 0.25) is 0 Å². The lowest BCUT2D eigenvalue weighted by Gasteiger charge is -2.33. The smallest absolute Gasteiger partial charge is 0.234 e. The maximum Gasteiger partial charge on any atom is 0.234 e. The third-order valence-corrected chi connectivity index (χ3v) is 3.48. The summed E-state index contributed by atoms with van der Waals surface area (Å²) >= 11 is 0. The van der Waals surface area contributed by atoms with Crippen LogP contribution >= 0.6 is 0 Å². The van der Waals surface area contributed by atoms with Gasteiger partial charge in [-0.15, -0.1) is 0 Å². The minimum Gasteiger partial charge on any atom is -0.355 e.